The Morgan fingerprint density at radius 1 is 1.04 bits per heavy atom. The zero-order chi connectivity index (χ0) is 19.1. The van der Waals surface area contributed by atoms with Crippen LogP contribution in [0.1, 0.15) is 0 Å². The van der Waals surface area contributed by atoms with Gasteiger partial charge in [0.2, 0.25) is 0 Å². The second-order valence-corrected chi connectivity index (χ2v) is 5.15. The molecule has 0 amide bonds. The Morgan fingerprint density at radius 3 is 2.28 bits per heavy atom. The number of methoxy groups -OCH3 is 1. The highest BCUT2D eigenvalue weighted by Crippen LogP contribution is 2.31. The van der Waals surface area contributed by atoms with Crippen LogP contribution >= 0.6 is 23.2 Å². The summed E-state index contributed by atoms with van der Waals surface area (Å²) >= 11 is 11.9. The SMILES string of the molecule is COCCNCCOCCOc1cccc(Cl)c1Cl.O=C(O)C(=O)O. The van der Waals surface area contributed by atoms with Crippen molar-refractivity contribution in [3.63, 3.8) is 0 Å². The summed E-state index contributed by atoms with van der Waals surface area (Å²) < 4.78 is 15.8. The van der Waals surface area contributed by atoms with E-state index in [-0.39, 0.29) is 0 Å². The molecule has 142 valence electrons. The van der Waals surface area contributed by atoms with Gasteiger partial charge >= 0.3 is 11.9 Å². The fourth-order valence-electron chi connectivity index (χ4n) is 1.35. The van der Waals surface area contributed by atoms with Crippen LogP contribution in [0.15, 0.2) is 18.2 Å². The molecular formula is C15H21Cl2NO7. The van der Waals surface area contributed by atoms with E-state index in [0.717, 1.165) is 13.1 Å². The molecule has 0 aliphatic rings. The molecule has 0 aliphatic heterocycles. The first-order valence-electron chi connectivity index (χ1n) is 7.20. The molecule has 0 fully saturated rings. The lowest BCUT2D eigenvalue weighted by atomic mass is 10.3. The number of aliphatic carboxylic acids is 2. The van der Waals surface area contributed by atoms with Gasteiger partial charge in [0.15, 0.2) is 0 Å². The molecule has 0 saturated carbocycles. The lowest BCUT2D eigenvalue weighted by Gasteiger charge is -2.09. The molecule has 1 rings (SSSR count). The van der Waals surface area contributed by atoms with Crippen molar-refractivity contribution < 1.29 is 34.0 Å². The molecule has 0 aliphatic carbocycles. The van der Waals surface area contributed by atoms with E-state index in [4.69, 9.17) is 57.2 Å². The summed E-state index contributed by atoms with van der Waals surface area (Å²) in [6.45, 7) is 3.91. The van der Waals surface area contributed by atoms with E-state index < -0.39 is 11.9 Å². The van der Waals surface area contributed by atoms with Gasteiger partial charge in [0.1, 0.15) is 17.4 Å². The molecule has 0 heterocycles. The monoisotopic (exact) mass is 397 g/mol. The van der Waals surface area contributed by atoms with Crippen molar-refractivity contribution in [3.05, 3.63) is 28.2 Å². The summed E-state index contributed by atoms with van der Waals surface area (Å²) in [7, 11) is 1.68. The largest absolute Gasteiger partial charge is 0.490 e. The zero-order valence-corrected chi connectivity index (χ0v) is 15.2. The molecular weight excluding hydrogens is 377 g/mol. The van der Waals surface area contributed by atoms with Crippen molar-refractivity contribution in [3.8, 4) is 5.75 Å². The Bertz CT molecular complexity index is 517. The van der Waals surface area contributed by atoms with Gasteiger partial charge < -0.3 is 29.7 Å². The van der Waals surface area contributed by atoms with Crippen LogP contribution < -0.4 is 10.1 Å². The number of rotatable bonds is 10. The van der Waals surface area contributed by atoms with E-state index in [1.165, 1.54) is 0 Å². The molecule has 0 radical (unpaired) electrons. The van der Waals surface area contributed by atoms with Gasteiger partial charge in [-0.15, -0.1) is 0 Å². The van der Waals surface area contributed by atoms with Crippen molar-refractivity contribution in [1.82, 2.24) is 5.32 Å². The molecule has 25 heavy (non-hydrogen) atoms. The third-order valence-electron chi connectivity index (χ3n) is 2.49. The Morgan fingerprint density at radius 2 is 1.68 bits per heavy atom. The number of carboxylic acids is 2. The van der Waals surface area contributed by atoms with Gasteiger partial charge in [0, 0.05) is 20.2 Å². The number of hydrogen-bond acceptors (Lipinski definition) is 6. The van der Waals surface area contributed by atoms with Crippen molar-refractivity contribution in [1.29, 1.82) is 0 Å². The van der Waals surface area contributed by atoms with Crippen molar-refractivity contribution in [2.24, 2.45) is 0 Å². The highest BCUT2D eigenvalue weighted by molar-refractivity contribution is 6.42. The zero-order valence-electron chi connectivity index (χ0n) is 13.7. The summed E-state index contributed by atoms with van der Waals surface area (Å²) in [5.74, 6) is -3.07. The summed E-state index contributed by atoms with van der Waals surface area (Å²) in [6, 6.07) is 5.30. The van der Waals surface area contributed by atoms with Crippen LogP contribution in [-0.4, -0.2) is 68.8 Å². The van der Waals surface area contributed by atoms with Gasteiger partial charge in [0.25, 0.3) is 0 Å². The predicted molar refractivity (Wildman–Crippen MR) is 92.8 cm³/mol. The number of nitrogens with one attached hydrogen (secondary N) is 1. The third kappa shape index (κ3) is 12.4. The van der Waals surface area contributed by atoms with Crippen molar-refractivity contribution >= 4 is 35.1 Å². The average molecular weight is 398 g/mol. The number of carbonyl (C=O) groups is 2. The molecule has 10 heteroatoms. The number of ether oxygens (including phenoxy) is 3. The second-order valence-electron chi connectivity index (χ2n) is 4.37. The fourth-order valence-corrected chi connectivity index (χ4v) is 1.70. The summed E-state index contributed by atoms with van der Waals surface area (Å²) in [5.41, 5.74) is 0. The first-order chi connectivity index (χ1) is 11.9. The summed E-state index contributed by atoms with van der Waals surface area (Å²) in [6.07, 6.45) is 0. The molecule has 0 aromatic heterocycles. The fraction of sp³-hybridized carbons (Fsp3) is 0.467. The third-order valence-corrected chi connectivity index (χ3v) is 3.29. The lowest BCUT2D eigenvalue weighted by Crippen LogP contribution is -2.24. The van der Waals surface area contributed by atoms with Gasteiger partial charge in [-0.3, -0.25) is 0 Å². The second kappa shape index (κ2) is 14.7. The molecule has 0 saturated heterocycles. The van der Waals surface area contributed by atoms with Crippen LogP contribution in [0, 0.1) is 0 Å². The maximum atomic E-state index is 9.10. The topological polar surface area (TPSA) is 114 Å². The van der Waals surface area contributed by atoms with Crippen molar-refractivity contribution in [2.45, 2.75) is 0 Å². The molecule has 1 aromatic carbocycles. The average Bonchev–Trinajstić information content (AvgIpc) is 2.57. The number of halogens is 2. The Kier molecular flexibility index (Phi) is 13.8. The van der Waals surface area contributed by atoms with Gasteiger partial charge in [-0.1, -0.05) is 29.3 Å². The first kappa shape index (κ1) is 23.4. The number of hydrogen-bond donors (Lipinski definition) is 3. The molecule has 0 bridgehead atoms. The van der Waals surface area contributed by atoms with Crippen LogP contribution in [0.3, 0.4) is 0 Å². The maximum absolute atomic E-state index is 9.10. The Balaban J connectivity index is 0.000000823. The van der Waals surface area contributed by atoms with Crippen molar-refractivity contribution in [2.75, 3.05) is 46.6 Å². The summed E-state index contributed by atoms with van der Waals surface area (Å²) in [5, 5.41) is 18.9. The number of carboxylic acid groups (broad SMARTS) is 2. The molecule has 3 N–H and O–H groups in total. The van der Waals surface area contributed by atoms with E-state index in [1.54, 1.807) is 25.3 Å². The van der Waals surface area contributed by atoms with Gasteiger partial charge in [-0.25, -0.2) is 9.59 Å². The predicted octanol–water partition coefficient (Wildman–Crippen LogP) is 1.78. The van der Waals surface area contributed by atoms with E-state index in [2.05, 4.69) is 5.32 Å². The van der Waals surface area contributed by atoms with Crippen LogP contribution in [0.2, 0.25) is 10.0 Å². The molecule has 0 atom stereocenters. The minimum atomic E-state index is -1.82. The normalized spacial score (nSPS) is 9.88. The van der Waals surface area contributed by atoms with Gasteiger partial charge in [0.05, 0.1) is 24.8 Å². The van der Waals surface area contributed by atoms with Crippen LogP contribution in [0.25, 0.3) is 0 Å². The Hall–Kier alpha value is -1.58. The highest BCUT2D eigenvalue weighted by Gasteiger charge is 2.05. The lowest BCUT2D eigenvalue weighted by molar-refractivity contribution is -0.159. The van der Waals surface area contributed by atoms with Crippen LogP contribution in [0.4, 0.5) is 0 Å². The van der Waals surface area contributed by atoms with E-state index >= 15 is 0 Å². The van der Waals surface area contributed by atoms with E-state index in [1.807, 2.05) is 0 Å². The van der Waals surface area contributed by atoms with E-state index in [0.29, 0.717) is 42.2 Å². The molecule has 0 unspecified atom stereocenters. The quantitative estimate of drug-likeness (QED) is 0.404. The van der Waals surface area contributed by atoms with Crippen LogP contribution in [-0.2, 0) is 19.1 Å². The van der Waals surface area contributed by atoms with E-state index in [9.17, 15) is 0 Å². The standard InChI is InChI=1S/C13H19Cl2NO3.C2H2O4/c1-17-7-5-16-6-8-18-9-10-19-12-4-2-3-11(14)13(12)15;3-1(4)2(5)6/h2-4,16H,5-10H2,1H3;(H,3,4)(H,5,6). The van der Waals surface area contributed by atoms with Gasteiger partial charge in [-0.05, 0) is 12.1 Å². The molecule has 0 spiro atoms. The minimum absolute atomic E-state index is 0.436. The summed E-state index contributed by atoms with van der Waals surface area (Å²) in [4.78, 5) is 18.2. The molecule has 1 aromatic rings. The molecule has 8 nitrogen and oxygen atoms in total. The Labute approximate surface area is 155 Å². The maximum Gasteiger partial charge on any atom is 0.414 e. The number of benzene rings is 1. The first-order valence-corrected chi connectivity index (χ1v) is 7.96. The van der Waals surface area contributed by atoms with Crippen LogP contribution in [0.5, 0.6) is 5.75 Å². The minimum Gasteiger partial charge on any atom is -0.490 e. The highest BCUT2D eigenvalue weighted by atomic mass is 35.5. The van der Waals surface area contributed by atoms with Gasteiger partial charge in [-0.2, -0.15) is 0 Å². The smallest absolute Gasteiger partial charge is 0.414 e.